The SMILES string of the molecule is C[C@H](CCC(=O)[O-])[C@@H]1CC[C@H]2[C@@H]3CC[C@H]4C[C@@H](O)CC[C@]4(C)[C@H]3CC[C@@]21C. The van der Waals surface area contributed by atoms with Gasteiger partial charge < -0.3 is 15.0 Å². The Kier molecular flexibility index (Phi) is 5.15. The Balaban J connectivity index is 1.51. The smallest absolute Gasteiger partial charge is 0.0543 e. The zero-order valence-corrected chi connectivity index (χ0v) is 17.6. The predicted octanol–water partition coefficient (Wildman–Crippen LogP) is 4.17. The van der Waals surface area contributed by atoms with E-state index in [0.29, 0.717) is 22.7 Å². The lowest BCUT2D eigenvalue weighted by Gasteiger charge is -2.61. The number of fused-ring (bicyclic) bond motifs is 5. The number of rotatable bonds is 4. The van der Waals surface area contributed by atoms with Crippen molar-refractivity contribution in [2.24, 2.45) is 46.3 Å². The zero-order valence-electron chi connectivity index (χ0n) is 17.6. The van der Waals surface area contributed by atoms with Gasteiger partial charge in [-0.15, -0.1) is 0 Å². The summed E-state index contributed by atoms with van der Waals surface area (Å²) < 4.78 is 0. The van der Waals surface area contributed by atoms with Gasteiger partial charge in [0.15, 0.2) is 0 Å². The fraction of sp³-hybridized carbons (Fsp3) is 0.958. The van der Waals surface area contributed by atoms with E-state index in [1.165, 1.54) is 44.9 Å². The Labute approximate surface area is 165 Å². The van der Waals surface area contributed by atoms with Crippen molar-refractivity contribution in [2.75, 3.05) is 0 Å². The lowest BCUT2D eigenvalue weighted by molar-refractivity contribution is -0.306. The van der Waals surface area contributed by atoms with Crippen molar-refractivity contribution in [2.45, 2.75) is 97.5 Å². The molecule has 0 aliphatic heterocycles. The molecule has 154 valence electrons. The quantitative estimate of drug-likeness (QED) is 0.802. The Morgan fingerprint density at radius 3 is 2.48 bits per heavy atom. The van der Waals surface area contributed by atoms with Crippen LogP contribution in [0.15, 0.2) is 0 Å². The van der Waals surface area contributed by atoms with Gasteiger partial charge in [0.2, 0.25) is 0 Å². The summed E-state index contributed by atoms with van der Waals surface area (Å²) in [5.74, 6) is 3.55. The largest absolute Gasteiger partial charge is 0.550 e. The maximum Gasteiger partial charge on any atom is 0.0543 e. The van der Waals surface area contributed by atoms with Crippen LogP contribution in [0, 0.1) is 46.3 Å². The third-order valence-corrected chi connectivity index (χ3v) is 10.2. The lowest BCUT2D eigenvalue weighted by atomic mass is 9.44. The second-order valence-electron chi connectivity index (χ2n) is 11.2. The standard InChI is InChI=1S/C24H40O3/c1-15(4-9-22(26)27)19-7-8-20-18-6-5-16-14-17(25)10-12-23(16,2)21(18)11-13-24(19,20)3/h15-21,25H,4-14H2,1-3H3,(H,26,27)/p-1/t15-,16+,17+,18+,19+,20+,21+,23+,24-/m1/s1. The first-order valence-electron chi connectivity index (χ1n) is 11.6. The van der Waals surface area contributed by atoms with Crippen LogP contribution in [-0.4, -0.2) is 17.2 Å². The number of hydrogen-bond acceptors (Lipinski definition) is 3. The Hall–Kier alpha value is -0.570. The number of aliphatic hydroxyl groups excluding tert-OH is 1. The monoisotopic (exact) mass is 375 g/mol. The number of carbonyl (C=O) groups is 1. The summed E-state index contributed by atoms with van der Waals surface area (Å²) in [7, 11) is 0. The highest BCUT2D eigenvalue weighted by atomic mass is 16.4. The molecule has 0 amide bonds. The average Bonchev–Trinajstić information content (AvgIpc) is 2.97. The molecule has 4 fully saturated rings. The van der Waals surface area contributed by atoms with E-state index in [1.807, 2.05) is 0 Å². The van der Waals surface area contributed by atoms with Crippen LogP contribution >= 0.6 is 0 Å². The van der Waals surface area contributed by atoms with Gasteiger partial charge in [-0.1, -0.05) is 20.8 Å². The van der Waals surface area contributed by atoms with Gasteiger partial charge in [0.25, 0.3) is 0 Å². The van der Waals surface area contributed by atoms with E-state index >= 15 is 0 Å². The molecule has 0 aromatic carbocycles. The molecule has 1 N–H and O–H groups in total. The first-order chi connectivity index (χ1) is 12.8. The van der Waals surface area contributed by atoms with E-state index in [2.05, 4.69) is 20.8 Å². The molecule has 4 saturated carbocycles. The molecule has 4 aliphatic carbocycles. The Morgan fingerprint density at radius 1 is 1.04 bits per heavy atom. The van der Waals surface area contributed by atoms with Crippen LogP contribution < -0.4 is 5.11 Å². The van der Waals surface area contributed by atoms with Gasteiger partial charge in [-0.25, -0.2) is 0 Å². The fourth-order valence-electron chi connectivity index (χ4n) is 8.76. The molecule has 3 heteroatoms. The summed E-state index contributed by atoms with van der Waals surface area (Å²) in [6, 6.07) is 0. The second kappa shape index (κ2) is 7.04. The zero-order chi connectivity index (χ0) is 19.4. The van der Waals surface area contributed by atoms with Crippen molar-refractivity contribution in [3.63, 3.8) is 0 Å². The molecule has 9 atom stereocenters. The van der Waals surface area contributed by atoms with E-state index in [-0.39, 0.29) is 12.5 Å². The van der Waals surface area contributed by atoms with E-state index in [4.69, 9.17) is 0 Å². The van der Waals surface area contributed by atoms with Crippen molar-refractivity contribution >= 4 is 5.97 Å². The summed E-state index contributed by atoms with van der Waals surface area (Å²) in [6.45, 7) is 7.38. The van der Waals surface area contributed by atoms with Crippen LogP contribution in [-0.2, 0) is 4.79 Å². The van der Waals surface area contributed by atoms with Crippen molar-refractivity contribution in [3.05, 3.63) is 0 Å². The average molecular weight is 376 g/mol. The minimum Gasteiger partial charge on any atom is -0.550 e. The van der Waals surface area contributed by atoms with Crippen LogP contribution in [0.5, 0.6) is 0 Å². The minimum atomic E-state index is -0.893. The predicted molar refractivity (Wildman–Crippen MR) is 105 cm³/mol. The number of carboxylic acid groups (broad SMARTS) is 1. The summed E-state index contributed by atoms with van der Waals surface area (Å²) in [4.78, 5) is 10.9. The molecule has 4 aliphatic rings. The molecule has 0 unspecified atom stereocenters. The molecular weight excluding hydrogens is 336 g/mol. The first-order valence-corrected chi connectivity index (χ1v) is 11.6. The van der Waals surface area contributed by atoms with Crippen LogP contribution in [0.1, 0.15) is 91.4 Å². The highest BCUT2D eigenvalue weighted by Crippen LogP contribution is 2.68. The van der Waals surface area contributed by atoms with Crippen LogP contribution in [0.2, 0.25) is 0 Å². The Morgan fingerprint density at radius 2 is 1.74 bits per heavy atom. The first kappa shape index (κ1) is 19.7. The normalized spacial score (nSPS) is 50.4. The van der Waals surface area contributed by atoms with Crippen LogP contribution in [0.4, 0.5) is 0 Å². The van der Waals surface area contributed by atoms with Gasteiger partial charge in [-0.2, -0.15) is 0 Å². The summed E-state index contributed by atoms with van der Waals surface area (Å²) >= 11 is 0. The lowest BCUT2D eigenvalue weighted by Crippen LogP contribution is -2.54. The number of carboxylic acids is 1. The van der Waals surface area contributed by atoms with E-state index in [1.54, 1.807) is 0 Å². The molecule has 0 heterocycles. The molecular formula is C24H39O3-. The number of hydrogen-bond donors (Lipinski definition) is 1. The molecule has 0 spiro atoms. The molecule has 0 bridgehead atoms. The van der Waals surface area contributed by atoms with Crippen LogP contribution in [0.3, 0.4) is 0 Å². The summed E-state index contributed by atoms with van der Waals surface area (Å²) in [6.07, 6.45) is 12.2. The summed E-state index contributed by atoms with van der Waals surface area (Å²) in [5.41, 5.74) is 0.853. The molecule has 27 heavy (non-hydrogen) atoms. The summed E-state index contributed by atoms with van der Waals surface area (Å²) in [5, 5.41) is 21.1. The molecule has 4 rings (SSSR count). The minimum absolute atomic E-state index is 0.0612. The highest BCUT2D eigenvalue weighted by Gasteiger charge is 2.60. The molecule has 0 saturated heterocycles. The van der Waals surface area contributed by atoms with Gasteiger partial charge in [-0.05, 0) is 117 Å². The van der Waals surface area contributed by atoms with Gasteiger partial charge in [0.05, 0.1) is 6.10 Å². The van der Waals surface area contributed by atoms with Gasteiger partial charge in [0, 0.05) is 5.97 Å². The topological polar surface area (TPSA) is 60.4 Å². The maximum absolute atomic E-state index is 10.9. The molecule has 0 radical (unpaired) electrons. The fourth-order valence-corrected chi connectivity index (χ4v) is 8.76. The third kappa shape index (κ3) is 3.16. The van der Waals surface area contributed by atoms with Gasteiger partial charge >= 0.3 is 0 Å². The number of aliphatic carboxylic acids is 1. The number of carbonyl (C=O) groups excluding carboxylic acids is 1. The van der Waals surface area contributed by atoms with Crippen molar-refractivity contribution < 1.29 is 15.0 Å². The molecule has 3 nitrogen and oxygen atoms in total. The van der Waals surface area contributed by atoms with Crippen molar-refractivity contribution in [1.29, 1.82) is 0 Å². The van der Waals surface area contributed by atoms with E-state index < -0.39 is 5.97 Å². The van der Waals surface area contributed by atoms with Gasteiger partial charge in [0.1, 0.15) is 0 Å². The van der Waals surface area contributed by atoms with E-state index in [9.17, 15) is 15.0 Å². The van der Waals surface area contributed by atoms with Gasteiger partial charge in [-0.3, -0.25) is 0 Å². The molecule has 0 aromatic heterocycles. The van der Waals surface area contributed by atoms with Crippen molar-refractivity contribution in [3.8, 4) is 0 Å². The van der Waals surface area contributed by atoms with E-state index in [0.717, 1.165) is 42.9 Å². The second-order valence-corrected chi connectivity index (χ2v) is 11.2. The Bertz CT molecular complexity index is 574. The van der Waals surface area contributed by atoms with Crippen molar-refractivity contribution in [1.82, 2.24) is 0 Å². The highest BCUT2D eigenvalue weighted by molar-refractivity contribution is 5.64. The number of aliphatic hydroxyl groups is 1. The van der Waals surface area contributed by atoms with Crippen LogP contribution in [0.25, 0.3) is 0 Å². The third-order valence-electron chi connectivity index (χ3n) is 10.2. The molecule has 0 aromatic rings. The maximum atomic E-state index is 10.9.